The van der Waals surface area contributed by atoms with E-state index < -0.39 is 34.5 Å². The maximum Gasteiger partial charge on any atom is 0.453 e. The first-order valence-corrected chi connectivity index (χ1v) is 10.7. The van der Waals surface area contributed by atoms with Gasteiger partial charge in [0.15, 0.2) is 0 Å². The van der Waals surface area contributed by atoms with E-state index in [0.717, 1.165) is 17.2 Å². The lowest BCUT2D eigenvalue weighted by molar-refractivity contribution is -0.154. The Labute approximate surface area is 198 Å². The van der Waals surface area contributed by atoms with Crippen molar-refractivity contribution in [2.45, 2.75) is 26.9 Å². The fraction of sp³-hybridized carbons (Fsp3) is 0.185. The van der Waals surface area contributed by atoms with Gasteiger partial charge in [0.1, 0.15) is 17.1 Å². The summed E-state index contributed by atoms with van der Waals surface area (Å²) in [5, 5.41) is -0.149. The number of carbonyl (C=O) groups excluding carboxylic acids is 1. The minimum Gasteiger partial charge on any atom is -0.449 e. The summed E-state index contributed by atoms with van der Waals surface area (Å²) < 4.78 is 57.1. The Hall–Kier alpha value is -4.07. The first-order valence-electron chi connectivity index (χ1n) is 10.7. The number of hydrogen-bond acceptors (Lipinski definition) is 5. The molecule has 4 rings (SSSR count). The van der Waals surface area contributed by atoms with Crippen LogP contribution in [0.15, 0.2) is 82.0 Å². The molecule has 35 heavy (non-hydrogen) atoms. The molecule has 0 aliphatic carbocycles. The zero-order valence-electron chi connectivity index (χ0n) is 19.1. The van der Waals surface area contributed by atoms with E-state index >= 15 is 0 Å². The second-order valence-electron chi connectivity index (χ2n) is 8.88. The highest BCUT2D eigenvalue weighted by molar-refractivity contribution is 5.82. The van der Waals surface area contributed by atoms with Gasteiger partial charge in [0.05, 0.1) is 10.8 Å². The van der Waals surface area contributed by atoms with Gasteiger partial charge < -0.3 is 13.9 Å². The van der Waals surface area contributed by atoms with Gasteiger partial charge in [-0.15, -0.1) is 0 Å². The highest BCUT2D eigenvalue weighted by Gasteiger charge is 2.40. The summed E-state index contributed by atoms with van der Waals surface area (Å²) in [6, 6.07) is 19.3. The van der Waals surface area contributed by atoms with Gasteiger partial charge in [0.2, 0.25) is 11.2 Å². The number of alkyl halides is 3. The Morgan fingerprint density at radius 2 is 1.43 bits per heavy atom. The van der Waals surface area contributed by atoms with Gasteiger partial charge in [-0.3, -0.25) is 9.59 Å². The van der Waals surface area contributed by atoms with E-state index in [1.807, 2.05) is 30.3 Å². The molecule has 4 aromatic rings. The number of halogens is 3. The second kappa shape index (κ2) is 8.94. The molecular weight excluding hydrogens is 461 g/mol. The largest absolute Gasteiger partial charge is 0.453 e. The van der Waals surface area contributed by atoms with Crippen molar-refractivity contribution < 1.29 is 31.9 Å². The standard InChI is InChI=1S/C27H21F3O5/c1-26(2,3)25(32)34-19-13-14-20-21(15-19)35-24(27(28,29)30)23(22(20)31)33-18-11-9-17(10-12-18)16-7-5-4-6-8-16/h4-15H,1-3H3. The number of ether oxygens (including phenoxy) is 2. The molecule has 0 fully saturated rings. The van der Waals surface area contributed by atoms with E-state index in [0.29, 0.717) is 0 Å². The van der Waals surface area contributed by atoms with Gasteiger partial charge >= 0.3 is 12.1 Å². The molecular formula is C27H21F3O5. The normalized spacial score (nSPS) is 11.9. The molecule has 0 amide bonds. The minimum absolute atomic E-state index is 0.0394. The van der Waals surface area contributed by atoms with Crippen molar-refractivity contribution >= 4 is 16.9 Å². The first-order chi connectivity index (χ1) is 16.4. The molecule has 0 saturated carbocycles. The predicted molar refractivity (Wildman–Crippen MR) is 125 cm³/mol. The average Bonchev–Trinajstić information content (AvgIpc) is 2.80. The fourth-order valence-corrected chi connectivity index (χ4v) is 3.22. The molecule has 0 spiro atoms. The molecule has 0 radical (unpaired) electrons. The van der Waals surface area contributed by atoms with Crippen LogP contribution in [0.25, 0.3) is 22.1 Å². The monoisotopic (exact) mass is 482 g/mol. The Morgan fingerprint density at radius 1 is 0.829 bits per heavy atom. The maximum absolute atomic E-state index is 13.8. The Morgan fingerprint density at radius 3 is 2.03 bits per heavy atom. The molecule has 3 aromatic carbocycles. The third kappa shape index (κ3) is 5.21. The Kier molecular flexibility index (Phi) is 6.15. The van der Waals surface area contributed by atoms with Crippen LogP contribution in [-0.4, -0.2) is 5.97 Å². The second-order valence-corrected chi connectivity index (χ2v) is 8.88. The Bertz CT molecular complexity index is 1430. The van der Waals surface area contributed by atoms with Gasteiger partial charge in [-0.2, -0.15) is 13.2 Å². The third-order valence-electron chi connectivity index (χ3n) is 5.08. The van der Waals surface area contributed by atoms with Crippen LogP contribution in [0, 0.1) is 5.41 Å². The average molecular weight is 482 g/mol. The van der Waals surface area contributed by atoms with E-state index in [1.165, 1.54) is 24.3 Å². The SMILES string of the molecule is CC(C)(C)C(=O)Oc1ccc2c(=O)c(Oc3ccc(-c4ccccc4)cc3)c(C(F)(F)F)oc2c1. The molecule has 0 N–H and O–H groups in total. The lowest BCUT2D eigenvalue weighted by Crippen LogP contribution is -2.25. The lowest BCUT2D eigenvalue weighted by Gasteiger charge is -2.17. The quantitative estimate of drug-likeness (QED) is 0.227. The highest BCUT2D eigenvalue weighted by atomic mass is 19.4. The van der Waals surface area contributed by atoms with E-state index in [2.05, 4.69) is 0 Å². The zero-order chi connectivity index (χ0) is 25.4. The summed E-state index contributed by atoms with van der Waals surface area (Å²) in [5.41, 5.74) is -0.464. The van der Waals surface area contributed by atoms with Gasteiger partial charge in [-0.1, -0.05) is 42.5 Å². The number of benzene rings is 3. The molecule has 0 aliphatic rings. The predicted octanol–water partition coefficient (Wildman–Crippen LogP) is 7.22. The molecule has 5 nitrogen and oxygen atoms in total. The topological polar surface area (TPSA) is 65.7 Å². The molecule has 8 heteroatoms. The van der Waals surface area contributed by atoms with Crippen molar-refractivity contribution in [3.05, 3.63) is 88.8 Å². The van der Waals surface area contributed by atoms with Crippen LogP contribution in [0.5, 0.6) is 17.2 Å². The van der Waals surface area contributed by atoms with Crippen LogP contribution < -0.4 is 14.9 Å². The summed E-state index contributed by atoms with van der Waals surface area (Å²) >= 11 is 0. The molecule has 0 saturated heterocycles. The summed E-state index contributed by atoms with van der Waals surface area (Å²) in [6.07, 6.45) is -5.01. The number of fused-ring (bicyclic) bond motifs is 1. The summed E-state index contributed by atoms with van der Waals surface area (Å²) in [7, 11) is 0. The van der Waals surface area contributed by atoms with Crippen LogP contribution in [-0.2, 0) is 11.0 Å². The van der Waals surface area contributed by atoms with E-state index in [1.54, 1.807) is 32.9 Å². The highest BCUT2D eigenvalue weighted by Crippen LogP contribution is 2.39. The van der Waals surface area contributed by atoms with Gasteiger partial charge in [0, 0.05) is 6.07 Å². The van der Waals surface area contributed by atoms with Crippen LogP contribution >= 0.6 is 0 Å². The van der Waals surface area contributed by atoms with Crippen LogP contribution in [0.2, 0.25) is 0 Å². The Balaban J connectivity index is 1.73. The van der Waals surface area contributed by atoms with Gasteiger partial charge in [0.25, 0.3) is 5.76 Å². The van der Waals surface area contributed by atoms with E-state index in [-0.39, 0.29) is 22.5 Å². The third-order valence-corrected chi connectivity index (χ3v) is 5.08. The number of carbonyl (C=O) groups is 1. The van der Waals surface area contributed by atoms with Gasteiger partial charge in [-0.25, -0.2) is 0 Å². The molecule has 0 atom stereocenters. The smallest absolute Gasteiger partial charge is 0.449 e. The number of esters is 1. The fourth-order valence-electron chi connectivity index (χ4n) is 3.22. The summed E-state index contributed by atoms with van der Waals surface area (Å²) in [6.45, 7) is 4.90. The van der Waals surface area contributed by atoms with Crippen molar-refractivity contribution in [3.8, 4) is 28.4 Å². The zero-order valence-corrected chi connectivity index (χ0v) is 19.1. The van der Waals surface area contributed by atoms with Crippen molar-refractivity contribution in [1.82, 2.24) is 0 Å². The van der Waals surface area contributed by atoms with Crippen LogP contribution in [0.3, 0.4) is 0 Å². The molecule has 0 aliphatic heterocycles. The van der Waals surface area contributed by atoms with Gasteiger partial charge in [-0.05, 0) is 56.2 Å². The van der Waals surface area contributed by atoms with Crippen molar-refractivity contribution in [2.24, 2.45) is 5.41 Å². The molecule has 180 valence electrons. The molecule has 1 aromatic heterocycles. The van der Waals surface area contributed by atoms with E-state index in [4.69, 9.17) is 13.9 Å². The van der Waals surface area contributed by atoms with Crippen molar-refractivity contribution in [1.29, 1.82) is 0 Å². The van der Waals surface area contributed by atoms with E-state index in [9.17, 15) is 22.8 Å². The summed E-state index contributed by atoms with van der Waals surface area (Å²) in [5.74, 6) is -3.15. The van der Waals surface area contributed by atoms with Crippen molar-refractivity contribution in [3.63, 3.8) is 0 Å². The van der Waals surface area contributed by atoms with Crippen LogP contribution in [0.1, 0.15) is 26.5 Å². The number of rotatable bonds is 4. The molecule has 0 unspecified atom stereocenters. The molecule has 0 bridgehead atoms. The summed E-state index contributed by atoms with van der Waals surface area (Å²) in [4.78, 5) is 25.1. The lowest BCUT2D eigenvalue weighted by atomic mass is 9.97. The van der Waals surface area contributed by atoms with Crippen LogP contribution in [0.4, 0.5) is 13.2 Å². The van der Waals surface area contributed by atoms with Crippen molar-refractivity contribution in [2.75, 3.05) is 0 Å². The first kappa shape index (κ1) is 24.1. The minimum atomic E-state index is -5.01. The number of hydrogen-bond donors (Lipinski definition) is 0. The maximum atomic E-state index is 13.8. The molecule has 1 heterocycles.